The third kappa shape index (κ3) is 12.6. The highest BCUT2D eigenvalue weighted by Crippen LogP contribution is 2.22. The van der Waals surface area contributed by atoms with Crippen LogP contribution in [-0.4, -0.2) is 58.6 Å². The summed E-state index contributed by atoms with van der Waals surface area (Å²) in [4.78, 5) is 81.6. The van der Waals surface area contributed by atoms with Crippen LogP contribution in [-0.2, 0) is 54.5 Å². The van der Waals surface area contributed by atoms with Crippen molar-refractivity contribution in [1.29, 1.82) is 0 Å². The molecule has 2 bridgehead atoms. The zero-order chi connectivity index (χ0) is 41.6. The molecule has 4 amide bonds. The molecule has 5 N–H and O–H groups in total. The molecular formula is C48H48N4O7. The molecule has 0 aliphatic carbocycles. The number of hydrogen-bond acceptors (Lipinski definition) is 6. The van der Waals surface area contributed by atoms with E-state index < -0.39 is 59.4 Å². The second-order valence-corrected chi connectivity index (χ2v) is 14.9. The number of Topliss-reactive ketones (excluding diaryl/α,β-unsaturated/α-hetero) is 1. The second kappa shape index (κ2) is 20.5. The molecule has 0 radical (unpaired) electrons. The van der Waals surface area contributed by atoms with Gasteiger partial charge in [0.25, 0.3) is 0 Å². The van der Waals surface area contributed by atoms with Crippen LogP contribution in [0.15, 0.2) is 140 Å². The van der Waals surface area contributed by atoms with Gasteiger partial charge in [0.05, 0.1) is 12.0 Å². The molecule has 4 atom stereocenters. The summed E-state index contributed by atoms with van der Waals surface area (Å²) in [5.41, 5.74) is 5.49. The molecule has 5 aromatic rings. The van der Waals surface area contributed by atoms with Crippen molar-refractivity contribution < 1.29 is 33.9 Å². The van der Waals surface area contributed by atoms with Gasteiger partial charge in [-0.15, -0.1) is 0 Å². The van der Waals surface area contributed by atoms with Crippen molar-refractivity contribution in [3.63, 3.8) is 0 Å². The lowest BCUT2D eigenvalue weighted by molar-refractivity contribution is -0.144. The summed E-state index contributed by atoms with van der Waals surface area (Å²) in [7, 11) is 0. The van der Waals surface area contributed by atoms with Gasteiger partial charge >= 0.3 is 5.97 Å². The lowest BCUT2D eigenvalue weighted by Gasteiger charge is -2.26. The number of aryl methyl sites for hydroxylation is 1. The molecule has 7 rings (SSSR count). The quantitative estimate of drug-likeness (QED) is 0.116. The fourth-order valence-electron chi connectivity index (χ4n) is 7.13. The Morgan fingerprint density at radius 2 is 1.05 bits per heavy atom. The van der Waals surface area contributed by atoms with Gasteiger partial charge in [0.15, 0.2) is 5.78 Å². The minimum Gasteiger partial charge on any atom is -0.481 e. The maximum atomic E-state index is 14.5. The van der Waals surface area contributed by atoms with Gasteiger partial charge < -0.3 is 26.4 Å². The van der Waals surface area contributed by atoms with Gasteiger partial charge in [0.1, 0.15) is 12.1 Å². The molecular weight excluding hydrogens is 745 g/mol. The number of carbonyl (C=O) groups excluding carboxylic acids is 5. The van der Waals surface area contributed by atoms with Gasteiger partial charge in [-0.3, -0.25) is 28.8 Å². The summed E-state index contributed by atoms with van der Waals surface area (Å²) in [5, 5.41) is 21.6. The van der Waals surface area contributed by atoms with Gasteiger partial charge in [-0.25, -0.2) is 0 Å². The molecule has 0 fully saturated rings. The fraction of sp³-hybridized carbons (Fsp3) is 0.250. The van der Waals surface area contributed by atoms with E-state index in [-0.39, 0.29) is 44.9 Å². The number of aliphatic carboxylic acids is 1. The number of fused-ring (bicyclic) bond motifs is 18. The topological polar surface area (TPSA) is 171 Å². The van der Waals surface area contributed by atoms with Crippen molar-refractivity contribution in [2.75, 3.05) is 5.32 Å². The molecule has 2 aliphatic rings. The van der Waals surface area contributed by atoms with Crippen LogP contribution in [0.4, 0.5) is 5.69 Å². The van der Waals surface area contributed by atoms with E-state index in [2.05, 4.69) is 21.3 Å². The van der Waals surface area contributed by atoms with Crippen LogP contribution < -0.4 is 21.3 Å². The molecule has 0 aromatic heterocycles. The van der Waals surface area contributed by atoms with Gasteiger partial charge in [0, 0.05) is 31.4 Å². The molecule has 2 heterocycles. The highest BCUT2D eigenvalue weighted by Gasteiger charge is 2.32. The smallest absolute Gasteiger partial charge is 0.307 e. The Balaban J connectivity index is 1.34. The summed E-state index contributed by atoms with van der Waals surface area (Å²) in [6, 6.07) is 39.2. The number of carbonyl (C=O) groups is 6. The zero-order valence-electron chi connectivity index (χ0n) is 32.6. The fourth-order valence-corrected chi connectivity index (χ4v) is 7.13. The van der Waals surface area contributed by atoms with Crippen molar-refractivity contribution >= 4 is 41.1 Å². The minimum absolute atomic E-state index is 0.0313. The van der Waals surface area contributed by atoms with E-state index in [1.807, 2.05) is 115 Å². The van der Waals surface area contributed by atoms with Crippen LogP contribution in [0.2, 0.25) is 0 Å². The van der Waals surface area contributed by atoms with Crippen molar-refractivity contribution in [3.8, 4) is 11.1 Å². The summed E-state index contributed by atoms with van der Waals surface area (Å²) >= 11 is 0. The molecule has 0 saturated heterocycles. The van der Waals surface area contributed by atoms with E-state index in [4.69, 9.17) is 0 Å². The first-order chi connectivity index (χ1) is 28.6. The molecule has 11 nitrogen and oxygen atoms in total. The zero-order valence-corrected chi connectivity index (χ0v) is 32.6. The number of carboxylic acid groups (broad SMARTS) is 1. The summed E-state index contributed by atoms with van der Waals surface area (Å²) in [6.45, 7) is 0. The average Bonchev–Trinajstić information content (AvgIpc) is 3.25. The van der Waals surface area contributed by atoms with Crippen LogP contribution in [0, 0.1) is 5.92 Å². The predicted molar refractivity (Wildman–Crippen MR) is 225 cm³/mol. The number of ketones is 1. The molecule has 2 aliphatic heterocycles. The van der Waals surface area contributed by atoms with Gasteiger partial charge in [-0.05, 0) is 71.2 Å². The van der Waals surface area contributed by atoms with Crippen molar-refractivity contribution in [3.05, 3.63) is 162 Å². The van der Waals surface area contributed by atoms with Crippen LogP contribution in [0.3, 0.4) is 0 Å². The molecule has 0 saturated carbocycles. The van der Waals surface area contributed by atoms with E-state index >= 15 is 0 Å². The van der Waals surface area contributed by atoms with Crippen LogP contribution in [0.5, 0.6) is 0 Å². The third-order valence-corrected chi connectivity index (χ3v) is 10.4. The Hall–Kier alpha value is -6.88. The second-order valence-electron chi connectivity index (χ2n) is 14.9. The normalized spacial score (nSPS) is 19.7. The van der Waals surface area contributed by atoms with Crippen LogP contribution >= 0.6 is 0 Å². The summed E-state index contributed by atoms with van der Waals surface area (Å²) in [5.74, 6) is -4.93. The number of carboxylic acids is 1. The van der Waals surface area contributed by atoms with Crippen molar-refractivity contribution in [2.24, 2.45) is 5.92 Å². The minimum atomic E-state index is -1.19. The lowest BCUT2D eigenvalue weighted by atomic mass is 9.90. The standard InChI is InChI=1S/C48H48N4O7/c53-43-31-38(48(58)59)28-34-18-23-39(24-19-34)49-44(54)26-27-45(55)50-40(25-20-32-10-4-1-5-11-32)46(56)52-42(47(57)51-41(43)29-33-12-6-2-7-13-33)30-35-16-21-37(22-17-35)36-14-8-3-9-15-36/h1-19,21-24,38,40-42H,20,25-31H2,(H,49,54)(H,50,55)(H,51,57)(H,52,56)(H,58,59)/t38-,40+,41+,42-/m0/s1. The van der Waals surface area contributed by atoms with Crippen molar-refractivity contribution in [2.45, 2.75) is 69.5 Å². The number of anilines is 1. The Morgan fingerprint density at radius 1 is 0.525 bits per heavy atom. The molecule has 302 valence electrons. The van der Waals surface area contributed by atoms with E-state index in [1.165, 1.54) is 0 Å². The highest BCUT2D eigenvalue weighted by molar-refractivity contribution is 5.97. The van der Waals surface area contributed by atoms with E-state index in [1.54, 1.807) is 24.3 Å². The van der Waals surface area contributed by atoms with Gasteiger partial charge in [0.2, 0.25) is 23.6 Å². The number of amides is 4. The maximum Gasteiger partial charge on any atom is 0.307 e. The predicted octanol–water partition coefficient (Wildman–Crippen LogP) is 5.86. The van der Waals surface area contributed by atoms with Gasteiger partial charge in [-0.1, -0.05) is 127 Å². The molecule has 11 heteroatoms. The molecule has 0 unspecified atom stereocenters. The molecule has 59 heavy (non-hydrogen) atoms. The Labute approximate surface area is 343 Å². The van der Waals surface area contributed by atoms with E-state index in [9.17, 15) is 33.9 Å². The Kier molecular flexibility index (Phi) is 14.5. The highest BCUT2D eigenvalue weighted by atomic mass is 16.4. The number of benzene rings is 5. The van der Waals surface area contributed by atoms with Crippen molar-refractivity contribution in [1.82, 2.24) is 16.0 Å². The summed E-state index contributed by atoms with van der Waals surface area (Å²) in [6.07, 6.45) is 0.0930. The summed E-state index contributed by atoms with van der Waals surface area (Å²) < 4.78 is 0. The van der Waals surface area contributed by atoms with Gasteiger partial charge in [-0.2, -0.15) is 0 Å². The molecule has 0 spiro atoms. The first kappa shape index (κ1) is 41.7. The number of nitrogens with one attached hydrogen (secondary N) is 4. The van der Waals surface area contributed by atoms with Crippen LogP contribution in [0.1, 0.15) is 47.9 Å². The Bertz CT molecular complexity index is 2210. The SMILES string of the molecule is O=C1CCC(=O)N[C@H](CCc2ccccc2)C(=O)N[C@@H](Cc2ccc(-c3ccccc3)cc2)C(=O)N[C@H](Cc2ccccc2)C(=O)C[C@@H](C(=O)O)Cc2ccc(cc2)N1. The average molecular weight is 793 g/mol. The third-order valence-electron chi connectivity index (χ3n) is 10.4. The van der Waals surface area contributed by atoms with E-state index in [0.717, 1.165) is 27.8 Å². The first-order valence-corrected chi connectivity index (χ1v) is 19.9. The lowest BCUT2D eigenvalue weighted by Crippen LogP contribution is -2.57. The van der Waals surface area contributed by atoms with Crippen LogP contribution in [0.25, 0.3) is 11.1 Å². The Morgan fingerprint density at radius 3 is 1.69 bits per heavy atom. The van der Waals surface area contributed by atoms with E-state index in [0.29, 0.717) is 17.7 Å². The number of rotatable bonds is 9. The molecule has 5 aromatic carbocycles. The monoisotopic (exact) mass is 792 g/mol. The first-order valence-electron chi connectivity index (χ1n) is 19.9. The largest absolute Gasteiger partial charge is 0.481 e. The number of hydrogen-bond donors (Lipinski definition) is 5. The maximum absolute atomic E-state index is 14.5.